The number of halogens is 3. The molecule has 2 aromatic carbocycles. The zero-order chi connectivity index (χ0) is 23.6. The normalized spacial score (nSPS) is 24.7. The number of piperidine rings is 1. The number of carbonyl (C=O) groups is 1. The number of alkyl halides is 3. The molecule has 7 heteroatoms. The van der Waals surface area contributed by atoms with Crippen LogP contribution in [0.4, 0.5) is 13.2 Å². The molecule has 33 heavy (non-hydrogen) atoms. The maximum atomic E-state index is 14.2. The summed E-state index contributed by atoms with van der Waals surface area (Å²) in [5.41, 5.74) is 0.134. The predicted octanol–water partition coefficient (Wildman–Crippen LogP) is 6.50. The second-order valence-corrected chi connectivity index (χ2v) is 9.79. The van der Waals surface area contributed by atoms with Gasteiger partial charge in [0.1, 0.15) is 11.3 Å². The van der Waals surface area contributed by atoms with Crippen molar-refractivity contribution in [3.8, 4) is 5.75 Å². The van der Waals surface area contributed by atoms with Crippen LogP contribution >= 0.6 is 0 Å². The Bertz CT molecular complexity index is 983. The van der Waals surface area contributed by atoms with E-state index in [1.807, 2.05) is 6.07 Å². The summed E-state index contributed by atoms with van der Waals surface area (Å²) in [5, 5.41) is 9.86. The highest BCUT2D eigenvalue weighted by molar-refractivity contribution is 5.91. The van der Waals surface area contributed by atoms with Crippen molar-refractivity contribution in [2.45, 2.75) is 70.7 Å². The topological polar surface area (TPSA) is 49.8 Å². The van der Waals surface area contributed by atoms with Crippen LogP contribution in [0.3, 0.4) is 0 Å². The minimum atomic E-state index is -4.52. The number of hydrogen-bond acceptors (Lipinski definition) is 3. The van der Waals surface area contributed by atoms with E-state index in [2.05, 4.69) is 11.8 Å². The SMILES string of the molecule is CC1CCC(Oc2ccc3c(CN4CCCC(CC(=O)O)C4)cccc3c2C(F)(F)F)CC1. The molecule has 0 bridgehead atoms. The summed E-state index contributed by atoms with van der Waals surface area (Å²) in [4.78, 5) is 13.3. The maximum absolute atomic E-state index is 14.2. The van der Waals surface area contributed by atoms with E-state index in [1.165, 1.54) is 12.1 Å². The van der Waals surface area contributed by atoms with Crippen molar-refractivity contribution < 1.29 is 27.8 Å². The molecule has 0 amide bonds. The van der Waals surface area contributed by atoms with Gasteiger partial charge in [0.15, 0.2) is 0 Å². The highest BCUT2D eigenvalue weighted by Crippen LogP contribution is 2.43. The Balaban J connectivity index is 1.61. The molecule has 1 unspecified atom stereocenters. The van der Waals surface area contributed by atoms with Gasteiger partial charge in [-0.15, -0.1) is 0 Å². The molecule has 1 aliphatic heterocycles. The lowest BCUT2D eigenvalue weighted by Gasteiger charge is -2.32. The molecule has 1 saturated heterocycles. The Labute approximate surface area is 192 Å². The summed E-state index contributed by atoms with van der Waals surface area (Å²) in [6.45, 7) is 4.14. The quantitative estimate of drug-likeness (QED) is 0.531. The van der Waals surface area contributed by atoms with Gasteiger partial charge in [0, 0.05) is 19.5 Å². The van der Waals surface area contributed by atoms with Crippen molar-refractivity contribution >= 4 is 16.7 Å². The van der Waals surface area contributed by atoms with E-state index in [4.69, 9.17) is 9.84 Å². The smallest absolute Gasteiger partial charge is 0.420 e. The number of fused-ring (bicyclic) bond motifs is 1. The summed E-state index contributed by atoms with van der Waals surface area (Å²) in [5.74, 6) is -0.209. The van der Waals surface area contributed by atoms with Crippen molar-refractivity contribution in [3.05, 3.63) is 41.5 Å². The van der Waals surface area contributed by atoms with Crippen LogP contribution in [-0.4, -0.2) is 35.2 Å². The third kappa shape index (κ3) is 5.81. The third-order valence-electron chi connectivity index (χ3n) is 7.11. The van der Waals surface area contributed by atoms with E-state index >= 15 is 0 Å². The molecule has 0 spiro atoms. The predicted molar refractivity (Wildman–Crippen MR) is 121 cm³/mol. The largest absolute Gasteiger partial charge is 0.490 e. The van der Waals surface area contributed by atoms with Gasteiger partial charge in [0.25, 0.3) is 0 Å². The lowest BCUT2D eigenvalue weighted by Crippen LogP contribution is -2.35. The van der Waals surface area contributed by atoms with Crippen LogP contribution in [0.25, 0.3) is 10.8 Å². The first-order valence-electron chi connectivity index (χ1n) is 11.9. The van der Waals surface area contributed by atoms with Gasteiger partial charge in [-0.3, -0.25) is 9.69 Å². The lowest BCUT2D eigenvalue weighted by atomic mass is 9.89. The summed E-state index contributed by atoms with van der Waals surface area (Å²) < 4.78 is 48.6. The van der Waals surface area contributed by atoms with E-state index in [0.29, 0.717) is 24.4 Å². The highest BCUT2D eigenvalue weighted by Gasteiger charge is 2.37. The van der Waals surface area contributed by atoms with Crippen LogP contribution in [0.2, 0.25) is 0 Å². The number of ether oxygens (including phenoxy) is 1. The number of carboxylic acids is 1. The fraction of sp³-hybridized carbons (Fsp3) is 0.577. The molecule has 1 aliphatic carbocycles. The molecule has 180 valence electrons. The average Bonchev–Trinajstić information content (AvgIpc) is 2.74. The number of benzene rings is 2. The molecule has 0 aromatic heterocycles. The third-order valence-corrected chi connectivity index (χ3v) is 7.11. The number of likely N-dealkylation sites (tertiary alicyclic amines) is 1. The Morgan fingerprint density at radius 1 is 1.09 bits per heavy atom. The molecule has 1 atom stereocenters. The molecule has 2 aliphatic rings. The minimum absolute atomic E-state index is 0.0776. The van der Waals surface area contributed by atoms with Crippen LogP contribution in [0.1, 0.15) is 63.0 Å². The molecule has 4 rings (SSSR count). The van der Waals surface area contributed by atoms with E-state index in [9.17, 15) is 18.0 Å². The van der Waals surface area contributed by atoms with Gasteiger partial charge < -0.3 is 9.84 Å². The molecule has 1 heterocycles. The fourth-order valence-corrected chi connectivity index (χ4v) is 5.41. The summed E-state index contributed by atoms with van der Waals surface area (Å²) in [6.07, 6.45) is 0.711. The van der Waals surface area contributed by atoms with Crippen LogP contribution in [0.5, 0.6) is 5.75 Å². The van der Waals surface area contributed by atoms with Crippen LogP contribution < -0.4 is 4.74 Å². The van der Waals surface area contributed by atoms with Crippen molar-refractivity contribution in [2.75, 3.05) is 13.1 Å². The van der Waals surface area contributed by atoms with E-state index in [0.717, 1.165) is 50.6 Å². The number of nitrogens with zero attached hydrogens (tertiary/aromatic N) is 1. The Kier molecular flexibility index (Phi) is 7.17. The molecular formula is C26H32F3NO3. The molecule has 2 fully saturated rings. The molecular weight excluding hydrogens is 431 g/mol. The van der Waals surface area contributed by atoms with Crippen molar-refractivity contribution in [2.24, 2.45) is 11.8 Å². The standard InChI is InChI=1S/C26H32F3NO3/c1-17-7-9-20(10-8-17)33-23-12-11-21-19(5-2-6-22(21)25(23)26(27,28)29)16-30-13-3-4-18(15-30)14-24(31)32/h2,5-6,11-12,17-18,20H,3-4,7-10,13-16H2,1H3,(H,31,32). The molecule has 4 nitrogen and oxygen atoms in total. The van der Waals surface area contributed by atoms with Crippen molar-refractivity contribution in [1.82, 2.24) is 4.90 Å². The Morgan fingerprint density at radius 3 is 2.55 bits per heavy atom. The Hall–Kier alpha value is -2.28. The lowest BCUT2D eigenvalue weighted by molar-refractivity contribution is -0.139. The first-order chi connectivity index (χ1) is 15.7. The van der Waals surface area contributed by atoms with Gasteiger partial charge >= 0.3 is 12.1 Å². The van der Waals surface area contributed by atoms with Gasteiger partial charge in [-0.2, -0.15) is 13.2 Å². The summed E-state index contributed by atoms with van der Waals surface area (Å²) in [7, 11) is 0. The van der Waals surface area contributed by atoms with Gasteiger partial charge in [-0.25, -0.2) is 0 Å². The number of carboxylic acid groups (broad SMARTS) is 1. The van der Waals surface area contributed by atoms with Crippen LogP contribution in [-0.2, 0) is 17.5 Å². The molecule has 0 radical (unpaired) electrons. The fourth-order valence-electron chi connectivity index (χ4n) is 5.41. The van der Waals surface area contributed by atoms with E-state index in [1.54, 1.807) is 12.1 Å². The zero-order valence-electron chi connectivity index (χ0n) is 19.0. The van der Waals surface area contributed by atoms with Crippen molar-refractivity contribution in [3.63, 3.8) is 0 Å². The molecule has 2 aromatic rings. The Morgan fingerprint density at radius 2 is 1.85 bits per heavy atom. The monoisotopic (exact) mass is 463 g/mol. The van der Waals surface area contributed by atoms with Gasteiger partial charge in [0.05, 0.1) is 6.10 Å². The number of aliphatic carboxylic acids is 1. The van der Waals surface area contributed by atoms with Crippen LogP contribution in [0, 0.1) is 11.8 Å². The maximum Gasteiger partial charge on any atom is 0.420 e. The first-order valence-corrected chi connectivity index (χ1v) is 11.9. The molecule has 1 N–H and O–H groups in total. The van der Waals surface area contributed by atoms with Crippen molar-refractivity contribution in [1.29, 1.82) is 0 Å². The van der Waals surface area contributed by atoms with Crippen LogP contribution in [0.15, 0.2) is 30.3 Å². The zero-order valence-corrected chi connectivity index (χ0v) is 19.0. The minimum Gasteiger partial charge on any atom is -0.490 e. The van der Waals surface area contributed by atoms with Gasteiger partial charge in [-0.05, 0) is 79.3 Å². The second kappa shape index (κ2) is 9.92. The summed E-state index contributed by atoms with van der Waals surface area (Å²) in [6, 6.07) is 8.31. The van der Waals surface area contributed by atoms with Gasteiger partial charge in [-0.1, -0.05) is 31.2 Å². The second-order valence-electron chi connectivity index (χ2n) is 9.79. The van der Waals surface area contributed by atoms with E-state index in [-0.39, 0.29) is 29.6 Å². The number of rotatable bonds is 6. The first kappa shape index (κ1) is 23.9. The average molecular weight is 464 g/mol. The number of hydrogen-bond donors (Lipinski definition) is 1. The van der Waals surface area contributed by atoms with Gasteiger partial charge in [0.2, 0.25) is 0 Å². The molecule has 1 saturated carbocycles. The summed E-state index contributed by atoms with van der Waals surface area (Å²) >= 11 is 0. The van der Waals surface area contributed by atoms with E-state index < -0.39 is 17.7 Å². The highest BCUT2D eigenvalue weighted by atomic mass is 19.4.